The average molecular weight is 283 g/mol. The summed E-state index contributed by atoms with van der Waals surface area (Å²) >= 11 is 11.7. The van der Waals surface area contributed by atoms with Crippen LogP contribution in [-0.2, 0) is 4.79 Å². The maximum Gasteiger partial charge on any atom is 0.250 e. The number of carbonyl (C=O) groups is 1. The number of aromatic nitrogens is 3. The number of anilines is 1. The van der Waals surface area contributed by atoms with Gasteiger partial charge in [-0.25, -0.2) is 5.10 Å². The first-order chi connectivity index (χ1) is 8.65. The molecule has 18 heavy (non-hydrogen) atoms. The molecule has 0 radical (unpaired) electrons. The molecular formula is C11H8Cl2N4O. The molecule has 2 rings (SSSR count). The number of hydrogen-bond acceptors (Lipinski definition) is 3. The van der Waals surface area contributed by atoms with E-state index in [0.717, 1.165) is 0 Å². The van der Waals surface area contributed by atoms with Gasteiger partial charge in [0, 0.05) is 16.1 Å². The number of carbonyl (C=O) groups excluding carboxylic acids is 1. The first-order valence-corrected chi connectivity index (χ1v) is 5.70. The van der Waals surface area contributed by atoms with Crippen molar-refractivity contribution >= 4 is 41.1 Å². The highest BCUT2D eigenvalue weighted by Crippen LogP contribution is 2.21. The van der Waals surface area contributed by atoms with Gasteiger partial charge in [-0.1, -0.05) is 29.3 Å². The van der Waals surface area contributed by atoms with Gasteiger partial charge in [-0.2, -0.15) is 10.1 Å². The molecule has 0 aliphatic rings. The maximum absolute atomic E-state index is 11.5. The van der Waals surface area contributed by atoms with Crippen LogP contribution in [-0.4, -0.2) is 21.1 Å². The van der Waals surface area contributed by atoms with Gasteiger partial charge in [0.15, 0.2) is 0 Å². The Balaban J connectivity index is 2.04. The fraction of sp³-hybridized carbons (Fsp3) is 0. The van der Waals surface area contributed by atoms with Gasteiger partial charge in [0.2, 0.25) is 5.95 Å². The zero-order valence-corrected chi connectivity index (χ0v) is 10.5. The fourth-order valence-electron chi connectivity index (χ4n) is 1.23. The predicted octanol–water partition coefficient (Wildman–Crippen LogP) is 2.76. The third-order valence-corrected chi connectivity index (χ3v) is 2.60. The molecule has 0 saturated carbocycles. The van der Waals surface area contributed by atoms with E-state index in [1.165, 1.54) is 12.4 Å². The molecule has 1 heterocycles. The van der Waals surface area contributed by atoms with E-state index in [9.17, 15) is 4.79 Å². The zero-order valence-electron chi connectivity index (χ0n) is 9.02. The minimum atomic E-state index is -0.335. The number of amides is 1. The fourth-order valence-corrected chi connectivity index (χ4v) is 1.70. The van der Waals surface area contributed by atoms with Crippen LogP contribution in [0.3, 0.4) is 0 Å². The molecule has 2 N–H and O–H groups in total. The summed E-state index contributed by atoms with van der Waals surface area (Å²) in [6.07, 6.45) is 4.23. The van der Waals surface area contributed by atoms with Gasteiger partial charge in [0.25, 0.3) is 5.91 Å². The molecule has 0 unspecified atom stereocenters. The van der Waals surface area contributed by atoms with E-state index >= 15 is 0 Å². The Hall–Kier alpha value is -1.85. The SMILES string of the molecule is O=C(C=Cc1ccc(Cl)cc1Cl)Nc1ncn[nH]1. The molecule has 1 amide bonds. The molecule has 0 aliphatic carbocycles. The Morgan fingerprint density at radius 3 is 2.89 bits per heavy atom. The molecule has 5 nitrogen and oxygen atoms in total. The lowest BCUT2D eigenvalue weighted by molar-refractivity contribution is -0.111. The number of H-pyrrole nitrogens is 1. The lowest BCUT2D eigenvalue weighted by atomic mass is 10.2. The van der Waals surface area contributed by atoms with Crippen molar-refractivity contribution in [1.82, 2.24) is 15.2 Å². The van der Waals surface area contributed by atoms with Crippen molar-refractivity contribution in [2.45, 2.75) is 0 Å². The van der Waals surface area contributed by atoms with Crippen molar-refractivity contribution in [3.63, 3.8) is 0 Å². The number of aromatic amines is 1. The van der Waals surface area contributed by atoms with Crippen molar-refractivity contribution in [1.29, 1.82) is 0 Å². The van der Waals surface area contributed by atoms with Crippen molar-refractivity contribution < 1.29 is 4.79 Å². The van der Waals surface area contributed by atoms with Crippen LogP contribution in [0.15, 0.2) is 30.6 Å². The highest BCUT2D eigenvalue weighted by Gasteiger charge is 2.01. The summed E-state index contributed by atoms with van der Waals surface area (Å²) in [7, 11) is 0. The molecule has 0 atom stereocenters. The number of nitrogens with one attached hydrogen (secondary N) is 2. The second-order valence-electron chi connectivity index (χ2n) is 3.32. The van der Waals surface area contributed by atoms with Crippen LogP contribution < -0.4 is 5.32 Å². The third kappa shape index (κ3) is 3.32. The van der Waals surface area contributed by atoms with E-state index < -0.39 is 0 Å². The minimum Gasteiger partial charge on any atom is -0.291 e. The summed E-state index contributed by atoms with van der Waals surface area (Å²) in [5.41, 5.74) is 0.703. The topological polar surface area (TPSA) is 70.7 Å². The van der Waals surface area contributed by atoms with Gasteiger partial charge >= 0.3 is 0 Å². The summed E-state index contributed by atoms with van der Waals surface area (Å²) < 4.78 is 0. The Morgan fingerprint density at radius 2 is 2.22 bits per heavy atom. The first-order valence-electron chi connectivity index (χ1n) is 4.94. The largest absolute Gasteiger partial charge is 0.291 e. The lowest BCUT2D eigenvalue weighted by Crippen LogP contribution is -2.08. The lowest BCUT2D eigenvalue weighted by Gasteiger charge is -1.99. The van der Waals surface area contributed by atoms with Gasteiger partial charge in [-0.3, -0.25) is 10.1 Å². The Labute approximate surface area is 113 Å². The van der Waals surface area contributed by atoms with E-state index in [2.05, 4.69) is 20.5 Å². The van der Waals surface area contributed by atoms with Gasteiger partial charge in [-0.05, 0) is 23.8 Å². The summed E-state index contributed by atoms with van der Waals surface area (Å²) in [4.78, 5) is 15.3. The molecule has 0 fully saturated rings. The highest BCUT2D eigenvalue weighted by molar-refractivity contribution is 6.35. The average Bonchev–Trinajstić information content (AvgIpc) is 2.80. The van der Waals surface area contributed by atoms with Crippen molar-refractivity contribution in [2.24, 2.45) is 0 Å². The summed E-state index contributed by atoms with van der Waals surface area (Å²) in [6, 6.07) is 5.03. The Bertz CT molecular complexity index is 581. The molecule has 1 aromatic heterocycles. The number of halogens is 2. The van der Waals surface area contributed by atoms with Crippen LogP contribution in [0.5, 0.6) is 0 Å². The zero-order chi connectivity index (χ0) is 13.0. The number of hydrogen-bond donors (Lipinski definition) is 2. The van der Waals surface area contributed by atoms with Crippen molar-refractivity contribution in [2.75, 3.05) is 5.32 Å². The van der Waals surface area contributed by atoms with Gasteiger partial charge in [0.05, 0.1) is 0 Å². The van der Waals surface area contributed by atoms with Crippen LogP contribution >= 0.6 is 23.2 Å². The molecular weight excluding hydrogens is 275 g/mol. The minimum absolute atomic E-state index is 0.284. The second kappa shape index (κ2) is 5.66. The summed E-state index contributed by atoms with van der Waals surface area (Å²) in [6.45, 7) is 0. The maximum atomic E-state index is 11.5. The Kier molecular flexibility index (Phi) is 3.96. The van der Waals surface area contributed by atoms with E-state index in [1.807, 2.05) is 0 Å². The van der Waals surface area contributed by atoms with Gasteiger partial charge in [0.1, 0.15) is 6.33 Å². The van der Waals surface area contributed by atoms with Crippen LogP contribution in [0.2, 0.25) is 10.0 Å². The molecule has 0 aliphatic heterocycles. The second-order valence-corrected chi connectivity index (χ2v) is 4.17. The molecule has 2 aromatic rings. The van der Waals surface area contributed by atoms with Crippen LogP contribution in [0.25, 0.3) is 6.08 Å². The van der Waals surface area contributed by atoms with E-state index in [-0.39, 0.29) is 11.9 Å². The first kappa shape index (κ1) is 12.6. The molecule has 1 aromatic carbocycles. The third-order valence-electron chi connectivity index (χ3n) is 2.03. The summed E-state index contributed by atoms with van der Waals surface area (Å²) in [5, 5.41) is 9.64. The smallest absolute Gasteiger partial charge is 0.250 e. The molecule has 92 valence electrons. The molecule has 0 saturated heterocycles. The van der Waals surface area contributed by atoms with Crippen molar-refractivity contribution in [3.05, 3.63) is 46.2 Å². The van der Waals surface area contributed by atoms with E-state index in [0.29, 0.717) is 15.6 Å². The monoisotopic (exact) mass is 282 g/mol. The normalized spacial score (nSPS) is 10.8. The standard InChI is InChI=1S/C11H8Cl2N4O/c12-8-3-1-7(9(13)5-8)2-4-10(18)16-11-14-6-15-17-11/h1-6H,(H2,14,15,16,17,18). The van der Waals surface area contributed by atoms with Crippen LogP contribution in [0.4, 0.5) is 5.95 Å². The number of nitrogens with zero attached hydrogens (tertiary/aromatic N) is 2. The number of rotatable bonds is 3. The van der Waals surface area contributed by atoms with E-state index in [4.69, 9.17) is 23.2 Å². The molecule has 7 heteroatoms. The highest BCUT2D eigenvalue weighted by atomic mass is 35.5. The van der Waals surface area contributed by atoms with E-state index in [1.54, 1.807) is 24.3 Å². The quantitative estimate of drug-likeness (QED) is 0.851. The van der Waals surface area contributed by atoms with Gasteiger partial charge < -0.3 is 0 Å². The van der Waals surface area contributed by atoms with Gasteiger partial charge in [-0.15, -0.1) is 0 Å². The Morgan fingerprint density at radius 1 is 1.39 bits per heavy atom. The molecule has 0 spiro atoms. The number of benzene rings is 1. The molecule has 0 bridgehead atoms. The van der Waals surface area contributed by atoms with Crippen LogP contribution in [0, 0.1) is 0 Å². The summed E-state index contributed by atoms with van der Waals surface area (Å²) in [5.74, 6) is -0.0513. The van der Waals surface area contributed by atoms with Crippen molar-refractivity contribution in [3.8, 4) is 0 Å². The predicted molar refractivity (Wildman–Crippen MR) is 70.5 cm³/mol. The van der Waals surface area contributed by atoms with Crippen LogP contribution in [0.1, 0.15) is 5.56 Å².